The lowest BCUT2D eigenvalue weighted by Crippen LogP contribution is -2.11. The topological polar surface area (TPSA) is 73.9 Å². The summed E-state index contributed by atoms with van der Waals surface area (Å²) < 4.78 is 17.6. The van der Waals surface area contributed by atoms with Gasteiger partial charge in [-0.1, -0.05) is 23.7 Å². The number of nitrogens with zero attached hydrogens (tertiary/aromatic N) is 2. The first-order chi connectivity index (χ1) is 17.5. The Bertz CT molecular complexity index is 1600. The second-order valence-corrected chi connectivity index (χ2v) is 9.31. The fourth-order valence-corrected chi connectivity index (χ4v) is 4.27. The van der Waals surface area contributed by atoms with E-state index in [1.165, 1.54) is 7.11 Å². The second kappa shape index (κ2) is 10.5. The van der Waals surface area contributed by atoms with Crippen molar-refractivity contribution in [2.24, 2.45) is 4.99 Å². The number of hydrogen-bond acceptors (Lipinski definition) is 6. The highest BCUT2D eigenvalue weighted by atomic mass is 127. The van der Waals surface area contributed by atoms with Gasteiger partial charge in [0.2, 0.25) is 5.89 Å². The summed E-state index contributed by atoms with van der Waals surface area (Å²) in [5.41, 5.74) is 4.27. The first-order valence-electron chi connectivity index (χ1n) is 10.9. The third kappa shape index (κ3) is 5.27. The molecule has 0 spiro atoms. The third-order valence-corrected chi connectivity index (χ3v) is 6.49. The molecule has 4 aromatic carbocycles. The Morgan fingerprint density at radius 2 is 1.81 bits per heavy atom. The van der Waals surface area contributed by atoms with Gasteiger partial charge in [0.15, 0.2) is 17.1 Å². The molecule has 1 heterocycles. The molecule has 0 radical (unpaired) electrons. The molecule has 0 amide bonds. The van der Waals surface area contributed by atoms with Crippen LogP contribution in [0.4, 0.5) is 5.69 Å². The van der Waals surface area contributed by atoms with Crippen molar-refractivity contribution in [2.45, 2.75) is 0 Å². The molecule has 0 N–H and O–H groups in total. The minimum Gasteiger partial charge on any atom is -0.493 e. The molecule has 1 aromatic heterocycles. The van der Waals surface area contributed by atoms with Gasteiger partial charge in [0, 0.05) is 20.4 Å². The van der Waals surface area contributed by atoms with Gasteiger partial charge in [-0.2, -0.15) is 0 Å². The SMILES string of the molecule is COc1cc(C=Nc2ccc(-c3nc4cc(Cl)ccc4o3)cc2)ccc1OC(=O)c1ccccc1I. The molecular weight excluding hydrogens is 591 g/mol. The maximum absolute atomic E-state index is 12.6. The zero-order chi connectivity index (χ0) is 25.1. The van der Waals surface area contributed by atoms with Crippen molar-refractivity contribution >= 4 is 63.2 Å². The molecule has 0 atom stereocenters. The normalized spacial score (nSPS) is 11.2. The Hall–Kier alpha value is -3.69. The Morgan fingerprint density at radius 1 is 1.00 bits per heavy atom. The molecule has 8 heteroatoms. The average Bonchev–Trinajstić information content (AvgIpc) is 3.32. The predicted octanol–water partition coefficient (Wildman–Crippen LogP) is 7.73. The van der Waals surface area contributed by atoms with E-state index in [0.717, 1.165) is 20.4 Å². The summed E-state index contributed by atoms with van der Waals surface area (Å²) in [6, 6.07) is 25.4. The summed E-state index contributed by atoms with van der Waals surface area (Å²) in [6.45, 7) is 0. The van der Waals surface area contributed by atoms with E-state index in [4.69, 9.17) is 25.5 Å². The number of carbonyl (C=O) groups is 1. The quantitative estimate of drug-likeness (QED) is 0.0854. The van der Waals surface area contributed by atoms with Crippen LogP contribution >= 0.6 is 34.2 Å². The molecule has 0 saturated heterocycles. The van der Waals surface area contributed by atoms with Gasteiger partial charge >= 0.3 is 5.97 Å². The van der Waals surface area contributed by atoms with Crippen molar-refractivity contribution in [3.05, 3.63) is 105 Å². The zero-order valence-corrected chi connectivity index (χ0v) is 21.9. The number of carbonyl (C=O) groups excluding carboxylic acids is 1. The van der Waals surface area contributed by atoms with E-state index in [1.807, 2.05) is 42.5 Å². The lowest BCUT2D eigenvalue weighted by Gasteiger charge is -2.10. The molecule has 0 aliphatic rings. The number of methoxy groups -OCH3 is 1. The van der Waals surface area contributed by atoms with Crippen LogP contribution in [0.25, 0.3) is 22.6 Å². The van der Waals surface area contributed by atoms with Gasteiger partial charge in [0.05, 0.1) is 18.4 Å². The lowest BCUT2D eigenvalue weighted by atomic mass is 10.2. The van der Waals surface area contributed by atoms with Crippen LogP contribution in [0, 0.1) is 3.57 Å². The van der Waals surface area contributed by atoms with Crippen LogP contribution in [0.2, 0.25) is 5.02 Å². The van der Waals surface area contributed by atoms with E-state index in [0.29, 0.717) is 39.1 Å². The standard InChI is InChI=1S/C28H18ClIN2O4/c1-34-26-14-17(6-12-25(26)36-28(33)21-4-2-3-5-22(21)30)16-31-20-10-7-18(8-11-20)27-32-23-15-19(29)9-13-24(23)35-27/h2-16H,1H3. The van der Waals surface area contributed by atoms with Crippen LogP contribution < -0.4 is 9.47 Å². The molecule has 0 fully saturated rings. The minimum atomic E-state index is -0.443. The van der Waals surface area contributed by atoms with Gasteiger partial charge in [0.1, 0.15) is 5.52 Å². The molecule has 0 aliphatic heterocycles. The van der Waals surface area contributed by atoms with Crippen molar-refractivity contribution in [3.8, 4) is 23.0 Å². The van der Waals surface area contributed by atoms with E-state index in [1.54, 1.807) is 48.7 Å². The summed E-state index contributed by atoms with van der Waals surface area (Å²) in [4.78, 5) is 21.6. The maximum Gasteiger partial charge on any atom is 0.344 e. The Balaban J connectivity index is 1.30. The van der Waals surface area contributed by atoms with Crippen LogP contribution in [-0.2, 0) is 0 Å². The molecule has 178 valence electrons. The first-order valence-corrected chi connectivity index (χ1v) is 12.3. The third-order valence-electron chi connectivity index (χ3n) is 5.31. The monoisotopic (exact) mass is 608 g/mol. The first kappa shape index (κ1) is 24.0. The number of esters is 1. The van der Waals surface area contributed by atoms with Crippen molar-refractivity contribution in [3.63, 3.8) is 0 Å². The van der Waals surface area contributed by atoms with Gasteiger partial charge < -0.3 is 13.9 Å². The smallest absolute Gasteiger partial charge is 0.344 e. The minimum absolute atomic E-state index is 0.336. The van der Waals surface area contributed by atoms with E-state index < -0.39 is 5.97 Å². The second-order valence-electron chi connectivity index (χ2n) is 7.72. The number of ether oxygens (including phenoxy) is 2. The number of oxazole rings is 1. The van der Waals surface area contributed by atoms with Gasteiger partial charge in [-0.05, 0) is 101 Å². The van der Waals surface area contributed by atoms with Crippen LogP contribution in [0.15, 0.2) is 94.3 Å². The predicted molar refractivity (Wildman–Crippen MR) is 149 cm³/mol. The van der Waals surface area contributed by atoms with Crippen molar-refractivity contribution in [2.75, 3.05) is 7.11 Å². The van der Waals surface area contributed by atoms with Crippen LogP contribution in [0.1, 0.15) is 15.9 Å². The Labute approximate surface area is 225 Å². The van der Waals surface area contributed by atoms with Gasteiger partial charge in [0.25, 0.3) is 0 Å². The van der Waals surface area contributed by atoms with Crippen molar-refractivity contribution < 1.29 is 18.7 Å². The molecule has 0 aliphatic carbocycles. The number of hydrogen-bond donors (Lipinski definition) is 0. The molecule has 36 heavy (non-hydrogen) atoms. The molecule has 6 nitrogen and oxygen atoms in total. The fraction of sp³-hybridized carbons (Fsp3) is 0.0357. The Morgan fingerprint density at radius 3 is 2.58 bits per heavy atom. The van der Waals surface area contributed by atoms with E-state index >= 15 is 0 Å². The van der Waals surface area contributed by atoms with Gasteiger partial charge in [-0.15, -0.1) is 0 Å². The summed E-state index contributed by atoms with van der Waals surface area (Å²) >= 11 is 8.14. The average molecular weight is 609 g/mol. The molecule has 0 bridgehead atoms. The number of benzene rings is 4. The van der Waals surface area contributed by atoms with Crippen LogP contribution in [-0.4, -0.2) is 24.3 Å². The summed E-state index contributed by atoms with van der Waals surface area (Å²) in [6.07, 6.45) is 1.71. The molecular formula is C28H18ClIN2O4. The van der Waals surface area contributed by atoms with Crippen molar-refractivity contribution in [1.29, 1.82) is 0 Å². The highest BCUT2D eigenvalue weighted by molar-refractivity contribution is 14.1. The molecule has 5 aromatic rings. The number of aromatic nitrogens is 1. The van der Waals surface area contributed by atoms with Crippen molar-refractivity contribution in [1.82, 2.24) is 4.98 Å². The number of fused-ring (bicyclic) bond motifs is 1. The number of aliphatic imine (C=N–C) groups is 1. The lowest BCUT2D eigenvalue weighted by molar-refractivity contribution is 0.0728. The van der Waals surface area contributed by atoms with Gasteiger partial charge in [-0.3, -0.25) is 4.99 Å². The van der Waals surface area contributed by atoms with E-state index in [-0.39, 0.29) is 0 Å². The summed E-state index contributed by atoms with van der Waals surface area (Å²) in [5, 5.41) is 0.612. The highest BCUT2D eigenvalue weighted by Gasteiger charge is 2.15. The van der Waals surface area contributed by atoms with E-state index in [9.17, 15) is 4.79 Å². The summed E-state index contributed by atoms with van der Waals surface area (Å²) in [7, 11) is 1.53. The molecule has 0 unspecified atom stereocenters. The molecule has 5 rings (SSSR count). The summed E-state index contributed by atoms with van der Waals surface area (Å²) in [5.74, 6) is 0.845. The number of rotatable bonds is 6. The van der Waals surface area contributed by atoms with E-state index in [2.05, 4.69) is 32.6 Å². The van der Waals surface area contributed by atoms with Crippen LogP contribution in [0.3, 0.4) is 0 Å². The zero-order valence-electron chi connectivity index (χ0n) is 18.9. The highest BCUT2D eigenvalue weighted by Crippen LogP contribution is 2.30. The largest absolute Gasteiger partial charge is 0.493 e. The van der Waals surface area contributed by atoms with Gasteiger partial charge in [-0.25, -0.2) is 9.78 Å². The maximum atomic E-state index is 12.6. The fourth-order valence-electron chi connectivity index (χ4n) is 3.49. The molecule has 0 saturated carbocycles. The van der Waals surface area contributed by atoms with Crippen LogP contribution in [0.5, 0.6) is 11.5 Å². The Kier molecular flexibility index (Phi) is 7.02. The number of halogens is 2.